The van der Waals surface area contributed by atoms with Crippen molar-refractivity contribution in [2.75, 3.05) is 6.61 Å². The van der Waals surface area contributed by atoms with E-state index in [0.29, 0.717) is 13.2 Å². The van der Waals surface area contributed by atoms with Gasteiger partial charge in [-0.1, -0.05) is 108 Å². The van der Waals surface area contributed by atoms with Gasteiger partial charge >= 0.3 is 5.97 Å². The molecule has 0 fully saturated rings. The topological polar surface area (TPSA) is 51.5 Å². The van der Waals surface area contributed by atoms with E-state index in [1.54, 1.807) is 0 Å². The highest BCUT2D eigenvalue weighted by Crippen LogP contribution is 2.35. The van der Waals surface area contributed by atoms with Crippen LogP contribution in [-0.2, 0) is 24.2 Å². The number of aliphatic carboxylic acids is 1. The Bertz CT molecular complexity index is 1330. The number of allylic oxidation sites excluding steroid dienone is 2. The first-order valence-corrected chi connectivity index (χ1v) is 16.8. The third-order valence-electron chi connectivity index (χ3n) is 7.80. The Morgan fingerprint density at radius 2 is 1.44 bits per heavy atom. The van der Waals surface area contributed by atoms with Crippen molar-refractivity contribution in [3.8, 4) is 28.0 Å². The lowest BCUT2D eigenvalue weighted by molar-refractivity contribution is -0.137. The molecule has 0 saturated carbocycles. The average Bonchev–Trinajstić information content (AvgIpc) is 3.00. The number of aryl methyl sites for hydroxylation is 3. The molecule has 232 valence electrons. The number of unbranched alkanes of at least 4 members (excludes halogenated alkanes) is 6. The average molecular weight is 602 g/mol. The van der Waals surface area contributed by atoms with Gasteiger partial charge in [0.15, 0.2) is 0 Å². The molecule has 0 aliphatic heterocycles. The molecule has 0 unspecified atom stereocenters. The maximum atomic E-state index is 11.4. The zero-order chi connectivity index (χ0) is 30.9. The maximum absolute atomic E-state index is 11.4. The molecule has 1 aromatic heterocycles. The van der Waals surface area contributed by atoms with E-state index in [-0.39, 0.29) is 6.42 Å². The molecule has 0 aliphatic carbocycles. The number of aromatic nitrogens is 1. The van der Waals surface area contributed by atoms with E-state index in [4.69, 9.17) is 17.0 Å². The first kappa shape index (κ1) is 34.3. The second-order valence-electron chi connectivity index (χ2n) is 11.4. The van der Waals surface area contributed by atoms with Crippen LogP contribution in [-0.4, -0.2) is 22.2 Å². The van der Waals surface area contributed by atoms with Crippen molar-refractivity contribution in [2.24, 2.45) is 0 Å². The molecule has 0 aliphatic rings. The molecule has 1 heterocycles. The summed E-state index contributed by atoms with van der Waals surface area (Å²) in [6.45, 7) is 7.74. The van der Waals surface area contributed by atoms with E-state index in [1.165, 1.54) is 48.8 Å². The van der Waals surface area contributed by atoms with Gasteiger partial charge in [-0.15, -0.1) is 0 Å². The standard InChI is InChI=1S/C38H51NO3S/c1-4-7-8-9-10-11-12-13-14-15-27-42-33-23-21-30(22-24-33)34-28-39(26-25-36(40)41)29-35(38(34)43)37-31(17-5-2)19-16-20-32(37)18-6-3/h11-12,16,19-24,28-29H,4-10,13-15,17-18,25-27H2,1-3H3,(H,40,41). The lowest BCUT2D eigenvalue weighted by atomic mass is 9.90. The normalized spacial score (nSPS) is 11.3. The van der Waals surface area contributed by atoms with Gasteiger partial charge in [-0.2, -0.15) is 0 Å². The Morgan fingerprint density at radius 3 is 2.05 bits per heavy atom. The van der Waals surface area contributed by atoms with E-state index in [2.05, 4.69) is 69.5 Å². The number of ether oxygens (including phenoxy) is 1. The van der Waals surface area contributed by atoms with E-state index in [9.17, 15) is 9.90 Å². The Kier molecular flexibility index (Phi) is 15.3. The summed E-state index contributed by atoms with van der Waals surface area (Å²) >= 11 is 6.16. The molecule has 3 aromatic rings. The number of benzene rings is 2. The minimum Gasteiger partial charge on any atom is -0.494 e. The number of carboxylic acids is 1. The van der Waals surface area contributed by atoms with Crippen LogP contribution in [0.1, 0.15) is 103 Å². The first-order chi connectivity index (χ1) is 21.0. The van der Waals surface area contributed by atoms with Crippen LogP contribution in [0, 0.1) is 4.51 Å². The van der Waals surface area contributed by atoms with Crippen LogP contribution < -0.4 is 4.74 Å². The molecule has 2 aromatic carbocycles. The van der Waals surface area contributed by atoms with Gasteiger partial charge in [0.2, 0.25) is 0 Å². The van der Waals surface area contributed by atoms with Crippen molar-refractivity contribution < 1.29 is 14.6 Å². The van der Waals surface area contributed by atoms with Gasteiger partial charge in [-0.05, 0) is 79.3 Å². The zero-order valence-electron chi connectivity index (χ0n) is 26.6. The SMILES string of the molecule is CCCCCCC=CCCCCOc1ccc(-c2cn(CCC(=O)O)cc(-c3c(CCC)cccc3CCC)c2=S)cc1. The fraction of sp³-hybridized carbons (Fsp3) is 0.474. The minimum atomic E-state index is -0.809. The minimum absolute atomic E-state index is 0.0558. The molecule has 1 N–H and O–H groups in total. The zero-order valence-corrected chi connectivity index (χ0v) is 27.4. The molecular formula is C38H51NO3S. The largest absolute Gasteiger partial charge is 0.494 e. The number of rotatable bonds is 20. The molecule has 4 nitrogen and oxygen atoms in total. The van der Waals surface area contributed by atoms with Gasteiger partial charge in [0.05, 0.1) is 17.5 Å². The van der Waals surface area contributed by atoms with Crippen LogP contribution in [0.4, 0.5) is 0 Å². The molecule has 0 amide bonds. The summed E-state index contributed by atoms with van der Waals surface area (Å²) in [4.78, 5) is 11.4. The van der Waals surface area contributed by atoms with Gasteiger partial charge in [0.25, 0.3) is 0 Å². The van der Waals surface area contributed by atoms with E-state index < -0.39 is 5.97 Å². The molecule has 3 rings (SSSR count). The van der Waals surface area contributed by atoms with Crippen LogP contribution >= 0.6 is 12.2 Å². The Balaban J connectivity index is 1.77. The second-order valence-corrected chi connectivity index (χ2v) is 11.8. The molecular weight excluding hydrogens is 550 g/mol. The predicted octanol–water partition coefficient (Wildman–Crippen LogP) is 11.0. The van der Waals surface area contributed by atoms with Crippen LogP contribution in [0.3, 0.4) is 0 Å². The number of nitrogens with zero attached hydrogens (tertiary/aromatic N) is 1. The highest BCUT2D eigenvalue weighted by Gasteiger charge is 2.16. The lowest BCUT2D eigenvalue weighted by Gasteiger charge is -2.19. The maximum Gasteiger partial charge on any atom is 0.305 e. The Hall–Kier alpha value is -3.18. The lowest BCUT2D eigenvalue weighted by Crippen LogP contribution is -2.07. The number of pyridine rings is 1. The van der Waals surface area contributed by atoms with Crippen molar-refractivity contribution >= 4 is 18.2 Å². The second kappa shape index (κ2) is 19.2. The van der Waals surface area contributed by atoms with Crippen molar-refractivity contribution in [3.05, 3.63) is 82.6 Å². The van der Waals surface area contributed by atoms with Crippen LogP contribution in [0.5, 0.6) is 5.75 Å². The van der Waals surface area contributed by atoms with Crippen molar-refractivity contribution in [3.63, 3.8) is 0 Å². The van der Waals surface area contributed by atoms with Gasteiger partial charge in [-0.3, -0.25) is 4.79 Å². The first-order valence-electron chi connectivity index (χ1n) is 16.4. The number of hydrogen-bond acceptors (Lipinski definition) is 3. The Morgan fingerprint density at radius 1 is 0.814 bits per heavy atom. The summed E-state index contributed by atoms with van der Waals surface area (Å²) < 4.78 is 8.85. The third kappa shape index (κ3) is 11.1. The summed E-state index contributed by atoms with van der Waals surface area (Å²) in [6, 6.07) is 14.7. The van der Waals surface area contributed by atoms with Gasteiger partial charge in [-0.25, -0.2) is 0 Å². The fourth-order valence-electron chi connectivity index (χ4n) is 5.53. The van der Waals surface area contributed by atoms with Gasteiger partial charge < -0.3 is 14.4 Å². The van der Waals surface area contributed by atoms with Crippen LogP contribution in [0.2, 0.25) is 0 Å². The van der Waals surface area contributed by atoms with E-state index >= 15 is 0 Å². The molecule has 0 saturated heterocycles. The molecule has 0 radical (unpaired) electrons. The van der Waals surface area contributed by atoms with Crippen molar-refractivity contribution in [2.45, 2.75) is 111 Å². The molecule has 0 spiro atoms. The predicted molar refractivity (Wildman–Crippen MR) is 184 cm³/mol. The van der Waals surface area contributed by atoms with Gasteiger partial charge in [0, 0.05) is 30.1 Å². The fourth-order valence-corrected chi connectivity index (χ4v) is 5.86. The number of carboxylic acid groups (broad SMARTS) is 1. The molecule has 0 atom stereocenters. The third-order valence-corrected chi connectivity index (χ3v) is 8.24. The summed E-state index contributed by atoms with van der Waals surface area (Å²) in [5, 5.41) is 9.39. The highest BCUT2D eigenvalue weighted by molar-refractivity contribution is 7.71. The molecule has 0 bridgehead atoms. The number of hydrogen-bond donors (Lipinski definition) is 1. The molecule has 43 heavy (non-hydrogen) atoms. The van der Waals surface area contributed by atoms with Crippen LogP contribution in [0.15, 0.2) is 67.0 Å². The van der Waals surface area contributed by atoms with E-state index in [0.717, 1.165) is 71.9 Å². The number of carbonyl (C=O) groups is 1. The summed E-state index contributed by atoms with van der Waals surface area (Å²) in [5.74, 6) is 0.0469. The van der Waals surface area contributed by atoms with Gasteiger partial charge in [0.1, 0.15) is 5.75 Å². The highest BCUT2D eigenvalue weighted by atomic mass is 32.1. The summed E-state index contributed by atoms with van der Waals surface area (Å²) in [6.07, 6.45) is 22.5. The van der Waals surface area contributed by atoms with Crippen LogP contribution in [0.25, 0.3) is 22.3 Å². The smallest absolute Gasteiger partial charge is 0.305 e. The van der Waals surface area contributed by atoms with Crippen molar-refractivity contribution in [1.82, 2.24) is 4.57 Å². The quantitative estimate of drug-likeness (QED) is 0.0795. The van der Waals surface area contributed by atoms with Crippen molar-refractivity contribution in [1.29, 1.82) is 0 Å². The molecule has 5 heteroatoms. The summed E-state index contributed by atoms with van der Waals surface area (Å²) in [7, 11) is 0. The van der Waals surface area contributed by atoms with E-state index in [1.807, 2.05) is 22.9 Å². The summed E-state index contributed by atoms with van der Waals surface area (Å²) in [5.41, 5.74) is 6.78. The monoisotopic (exact) mass is 601 g/mol. The Labute approximate surface area is 264 Å².